The number of aliphatic imine (C=N–C) groups is 1. The molecule has 5 nitrogen and oxygen atoms in total. The molecule has 3 N–H and O–H groups in total. The summed E-state index contributed by atoms with van der Waals surface area (Å²) in [7, 11) is 0. The molecule has 1 aromatic heterocycles. The van der Waals surface area contributed by atoms with Crippen LogP contribution in [0.1, 0.15) is 37.1 Å². The molecule has 0 amide bonds. The summed E-state index contributed by atoms with van der Waals surface area (Å²) in [5.41, 5.74) is 7.74. The number of nitrogens with one attached hydrogen (secondary N) is 1. The number of nitrogens with zero attached hydrogens (tertiary/aromatic N) is 3. The summed E-state index contributed by atoms with van der Waals surface area (Å²) in [6.07, 6.45) is 9.36. The average molecular weight is 247 g/mol. The summed E-state index contributed by atoms with van der Waals surface area (Å²) in [6.45, 7) is 2.59. The van der Waals surface area contributed by atoms with Crippen LogP contribution in [0.4, 0.5) is 0 Å². The third-order valence-electron chi connectivity index (χ3n) is 3.19. The Morgan fingerprint density at radius 3 is 2.83 bits per heavy atom. The van der Waals surface area contributed by atoms with E-state index >= 15 is 0 Å². The van der Waals surface area contributed by atoms with Crippen LogP contribution in [0.5, 0.6) is 0 Å². The van der Waals surface area contributed by atoms with Crippen LogP contribution < -0.4 is 11.1 Å². The van der Waals surface area contributed by atoms with E-state index in [-0.39, 0.29) is 0 Å². The van der Waals surface area contributed by atoms with Crippen molar-refractivity contribution < 1.29 is 0 Å². The molecule has 0 saturated heterocycles. The summed E-state index contributed by atoms with van der Waals surface area (Å²) in [5.74, 6) is 0.557. The average Bonchev–Trinajstić information content (AvgIpc) is 2.84. The first kappa shape index (κ1) is 12.8. The summed E-state index contributed by atoms with van der Waals surface area (Å²) < 4.78 is 0. The Kier molecular flexibility index (Phi) is 4.50. The fraction of sp³-hybridized carbons (Fsp3) is 0.615. The van der Waals surface area contributed by atoms with Gasteiger partial charge < -0.3 is 11.1 Å². The topological polar surface area (TPSA) is 76.2 Å². The minimum Gasteiger partial charge on any atom is -0.370 e. The van der Waals surface area contributed by atoms with Gasteiger partial charge in [0.15, 0.2) is 5.96 Å². The summed E-state index contributed by atoms with van der Waals surface area (Å²) >= 11 is 0. The number of aromatic nitrogens is 2. The van der Waals surface area contributed by atoms with Gasteiger partial charge in [-0.15, -0.1) is 0 Å². The van der Waals surface area contributed by atoms with Crippen molar-refractivity contribution in [3.63, 3.8) is 0 Å². The molecule has 1 fully saturated rings. The first-order chi connectivity index (χ1) is 8.74. The monoisotopic (exact) mass is 247 g/mol. The lowest BCUT2D eigenvalue weighted by Crippen LogP contribution is -2.38. The zero-order valence-corrected chi connectivity index (χ0v) is 10.9. The highest BCUT2D eigenvalue weighted by atomic mass is 15.1. The molecule has 0 aromatic carbocycles. The van der Waals surface area contributed by atoms with Gasteiger partial charge in [-0.2, -0.15) is 0 Å². The SMILES string of the molecule is Cc1cnc(CCN=C(N)NC2CCCC2)cn1. The van der Waals surface area contributed by atoms with Gasteiger partial charge in [-0.05, 0) is 19.8 Å². The minimum absolute atomic E-state index is 0.521. The van der Waals surface area contributed by atoms with Crippen LogP contribution in [0.2, 0.25) is 0 Å². The van der Waals surface area contributed by atoms with Gasteiger partial charge in [-0.25, -0.2) is 0 Å². The Bertz CT molecular complexity index is 392. The van der Waals surface area contributed by atoms with Gasteiger partial charge in [0.05, 0.1) is 11.4 Å². The Hall–Kier alpha value is -1.65. The van der Waals surface area contributed by atoms with E-state index in [1.54, 1.807) is 12.4 Å². The molecule has 0 atom stereocenters. The zero-order valence-electron chi connectivity index (χ0n) is 10.9. The van der Waals surface area contributed by atoms with Gasteiger partial charge in [0.1, 0.15) is 0 Å². The van der Waals surface area contributed by atoms with Crippen molar-refractivity contribution in [2.24, 2.45) is 10.7 Å². The molecule has 2 rings (SSSR count). The third kappa shape index (κ3) is 3.98. The lowest BCUT2D eigenvalue weighted by molar-refractivity contribution is 0.625. The fourth-order valence-electron chi connectivity index (χ4n) is 2.16. The largest absolute Gasteiger partial charge is 0.370 e. The predicted octanol–water partition coefficient (Wildman–Crippen LogP) is 1.17. The van der Waals surface area contributed by atoms with Gasteiger partial charge >= 0.3 is 0 Å². The first-order valence-corrected chi connectivity index (χ1v) is 6.58. The zero-order chi connectivity index (χ0) is 12.8. The standard InChI is InChI=1S/C13H21N5/c1-10-8-17-12(9-16-10)6-7-15-13(14)18-11-4-2-3-5-11/h8-9,11H,2-7H2,1H3,(H3,14,15,18). The summed E-state index contributed by atoms with van der Waals surface area (Å²) in [5, 5.41) is 3.27. The van der Waals surface area contributed by atoms with E-state index in [0.29, 0.717) is 18.5 Å². The molecule has 98 valence electrons. The molecular weight excluding hydrogens is 226 g/mol. The lowest BCUT2D eigenvalue weighted by Gasteiger charge is -2.12. The number of hydrogen-bond acceptors (Lipinski definition) is 3. The second-order valence-corrected chi connectivity index (χ2v) is 4.79. The highest BCUT2D eigenvalue weighted by Crippen LogP contribution is 2.17. The van der Waals surface area contributed by atoms with E-state index in [4.69, 9.17) is 5.73 Å². The predicted molar refractivity (Wildman–Crippen MR) is 72.4 cm³/mol. The van der Waals surface area contributed by atoms with Gasteiger partial charge in [0, 0.05) is 31.4 Å². The Labute approximate surface area is 108 Å². The molecule has 1 heterocycles. The quantitative estimate of drug-likeness (QED) is 0.618. The molecule has 1 aliphatic rings. The number of rotatable bonds is 4. The summed E-state index contributed by atoms with van der Waals surface area (Å²) in [6, 6.07) is 0.521. The van der Waals surface area contributed by atoms with E-state index in [2.05, 4.69) is 20.3 Å². The van der Waals surface area contributed by atoms with Gasteiger partial charge in [0.25, 0.3) is 0 Å². The smallest absolute Gasteiger partial charge is 0.188 e. The highest BCUT2D eigenvalue weighted by Gasteiger charge is 2.14. The maximum atomic E-state index is 5.84. The Balaban J connectivity index is 1.74. The molecule has 0 spiro atoms. The molecule has 5 heteroatoms. The molecule has 0 unspecified atom stereocenters. The molecule has 18 heavy (non-hydrogen) atoms. The molecule has 0 bridgehead atoms. The van der Waals surface area contributed by atoms with Crippen LogP contribution in [0.15, 0.2) is 17.4 Å². The van der Waals surface area contributed by atoms with Crippen LogP contribution in [-0.4, -0.2) is 28.5 Å². The van der Waals surface area contributed by atoms with Crippen molar-refractivity contribution in [1.82, 2.24) is 15.3 Å². The van der Waals surface area contributed by atoms with Crippen molar-refractivity contribution in [1.29, 1.82) is 0 Å². The Morgan fingerprint density at radius 2 is 2.17 bits per heavy atom. The second-order valence-electron chi connectivity index (χ2n) is 4.79. The van der Waals surface area contributed by atoms with Crippen LogP contribution in [0.3, 0.4) is 0 Å². The van der Waals surface area contributed by atoms with Crippen molar-refractivity contribution >= 4 is 5.96 Å². The molecule has 0 radical (unpaired) electrons. The van der Waals surface area contributed by atoms with E-state index in [1.807, 2.05) is 6.92 Å². The highest BCUT2D eigenvalue weighted by molar-refractivity contribution is 5.78. The second kappa shape index (κ2) is 6.33. The van der Waals surface area contributed by atoms with Crippen molar-refractivity contribution in [2.45, 2.75) is 45.1 Å². The Morgan fingerprint density at radius 1 is 1.39 bits per heavy atom. The number of hydrogen-bond donors (Lipinski definition) is 2. The summed E-state index contributed by atoms with van der Waals surface area (Å²) in [4.78, 5) is 12.8. The minimum atomic E-state index is 0.521. The molecule has 1 saturated carbocycles. The number of nitrogens with two attached hydrogens (primary N) is 1. The molecule has 0 aliphatic heterocycles. The van der Waals surface area contributed by atoms with E-state index in [1.165, 1.54) is 25.7 Å². The van der Waals surface area contributed by atoms with Crippen LogP contribution >= 0.6 is 0 Å². The van der Waals surface area contributed by atoms with Gasteiger partial charge in [-0.3, -0.25) is 15.0 Å². The molecule has 1 aromatic rings. The maximum Gasteiger partial charge on any atom is 0.188 e. The van der Waals surface area contributed by atoms with Crippen LogP contribution in [-0.2, 0) is 6.42 Å². The fourth-order valence-corrected chi connectivity index (χ4v) is 2.16. The number of aryl methyl sites for hydroxylation is 1. The van der Waals surface area contributed by atoms with Crippen molar-refractivity contribution in [3.05, 3.63) is 23.8 Å². The number of guanidine groups is 1. The third-order valence-corrected chi connectivity index (χ3v) is 3.19. The van der Waals surface area contributed by atoms with Crippen LogP contribution in [0.25, 0.3) is 0 Å². The maximum absolute atomic E-state index is 5.84. The van der Waals surface area contributed by atoms with Crippen molar-refractivity contribution in [2.75, 3.05) is 6.54 Å². The van der Waals surface area contributed by atoms with E-state index in [0.717, 1.165) is 17.8 Å². The normalized spacial score (nSPS) is 17.1. The van der Waals surface area contributed by atoms with Crippen LogP contribution in [0, 0.1) is 6.92 Å². The molecular formula is C13H21N5. The van der Waals surface area contributed by atoms with Crippen molar-refractivity contribution in [3.8, 4) is 0 Å². The first-order valence-electron chi connectivity index (χ1n) is 6.58. The van der Waals surface area contributed by atoms with E-state index < -0.39 is 0 Å². The molecule has 1 aliphatic carbocycles. The van der Waals surface area contributed by atoms with E-state index in [9.17, 15) is 0 Å². The lowest BCUT2D eigenvalue weighted by atomic mass is 10.2. The van der Waals surface area contributed by atoms with Gasteiger partial charge in [-0.1, -0.05) is 12.8 Å². The van der Waals surface area contributed by atoms with Gasteiger partial charge in [0.2, 0.25) is 0 Å².